The lowest BCUT2D eigenvalue weighted by Gasteiger charge is -2.25. The van der Waals surface area contributed by atoms with E-state index in [1.165, 1.54) is 11.6 Å². The topological polar surface area (TPSA) is 115 Å². The van der Waals surface area contributed by atoms with E-state index < -0.39 is 27.0 Å². The van der Waals surface area contributed by atoms with Crippen LogP contribution in [0.1, 0.15) is 13.3 Å². The highest BCUT2D eigenvalue weighted by atomic mass is 32.2. The van der Waals surface area contributed by atoms with E-state index in [2.05, 4.69) is 15.1 Å². The highest BCUT2D eigenvalue weighted by Crippen LogP contribution is 2.23. The van der Waals surface area contributed by atoms with E-state index in [-0.39, 0.29) is 13.0 Å². The molecule has 2 aromatic rings. The van der Waals surface area contributed by atoms with Gasteiger partial charge in [-0.3, -0.25) is 19.4 Å². The maximum Gasteiger partial charge on any atom is 0.179 e. The van der Waals surface area contributed by atoms with Crippen LogP contribution in [0.2, 0.25) is 0 Å². The molecule has 0 saturated carbocycles. The van der Waals surface area contributed by atoms with Crippen molar-refractivity contribution in [2.45, 2.75) is 24.6 Å². The fraction of sp³-hybridized carbons (Fsp3) is 0.429. The Morgan fingerprint density at radius 1 is 1.35 bits per heavy atom. The third-order valence-corrected chi connectivity index (χ3v) is 5.93. The molecule has 0 unspecified atom stereocenters. The predicted molar refractivity (Wildman–Crippen MR) is 83.2 cm³/mol. The van der Waals surface area contributed by atoms with Crippen LogP contribution in [0.15, 0.2) is 31.0 Å². The Kier molecular flexibility index (Phi) is 4.90. The molecule has 0 saturated heterocycles. The van der Waals surface area contributed by atoms with E-state index in [9.17, 15) is 13.2 Å². The Morgan fingerprint density at radius 3 is 2.65 bits per heavy atom. The molecule has 23 heavy (non-hydrogen) atoms. The van der Waals surface area contributed by atoms with E-state index in [1.807, 2.05) is 0 Å². The van der Waals surface area contributed by atoms with Crippen LogP contribution >= 0.6 is 0 Å². The van der Waals surface area contributed by atoms with Gasteiger partial charge in [-0.1, -0.05) is 0 Å². The number of nitrogens with zero attached hydrogens (tertiary/aromatic N) is 4. The second-order valence-corrected chi connectivity index (χ2v) is 7.86. The first kappa shape index (κ1) is 17.2. The zero-order valence-corrected chi connectivity index (χ0v) is 13.7. The summed E-state index contributed by atoms with van der Waals surface area (Å²) < 4.78 is 23.7. The van der Waals surface area contributed by atoms with Gasteiger partial charge < -0.3 is 5.11 Å². The van der Waals surface area contributed by atoms with Crippen LogP contribution in [-0.4, -0.2) is 56.7 Å². The maximum atomic E-state index is 11.9. The average Bonchev–Trinajstić information content (AvgIpc) is 3.00. The number of Topliss-reactive ketones (excluding diaryl/α,β-unsaturated/α-hetero) is 1. The molecule has 8 nitrogen and oxygen atoms in total. The van der Waals surface area contributed by atoms with Crippen molar-refractivity contribution in [1.29, 1.82) is 0 Å². The number of aliphatic hydroxyl groups excluding tert-OH is 1. The third-order valence-electron chi connectivity index (χ3n) is 3.86. The molecule has 1 atom stereocenters. The van der Waals surface area contributed by atoms with Crippen LogP contribution in [-0.2, 0) is 21.2 Å². The number of aryl methyl sites for hydroxylation is 1. The van der Waals surface area contributed by atoms with Gasteiger partial charge >= 0.3 is 0 Å². The number of hydrogen-bond donors (Lipinski definition) is 1. The first-order chi connectivity index (χ1) is 10.8. The molecule has 0 aromatic carbocycles. The molecule has 9 heteroatoms. The Bertz CT molecular complexity index is 788. The standard InChI is InChI=1S/C14H18N4O4S/c1-14(13(20)10-19,23(2,21)22)3-6-18-9-11(7-17-18)12-8-15-4-5-16-12/h4-5,7-9,19H,3,6,10H2,1-2H3/t14-/m1/s1. The smallest absolute Gasteiger partial charge is 0.179 e. The van der Waals surface area contributed by atoms with Gasteiger partial charge in [-0.2, -0.15) is 5.10 Å². The van der Waals surface area contributed by atoms with Crippen LogP contribution in [0.5, 0.6) is 0 Å². The van der Waals surface area contributed by atoms with Crippen molar-refractivity contribution in [3.8, 4) is 11.3 Å². The van der Waals surface area contributed by atoms with Crippen molar-refractivity contribution in [1.82, 2.24) is 19.7 Å². The van der Waals surface area contributed by atoms with Crippen molar-refractivity contribution in [2.75, 3.05) is 12.9 Å². The number of carbonyl (C=O) groups excluding carboxylic acids is 1. The number of aromatic nitrogens is 4. The summed E-state index contributed by atoms with van der Waals surface area (Å²) in [6.45, 7) is 0.733. The molecule has 1 N–H and O–H groups in total. The lowest BCUT2D eigenvalue weighted by Crippen LogP contribution is -2.45. The number of carbonyl (C=O) groups is 1. The van der Waals surface area contributed by atoms with Gasteiger partial charge in [-0.25, -0.2) is 8.42 Å². The summed E-state index contributed by atoms with van der Waals surface area (Å²) in [6.07, 6.45) is 9.03. The summed E-state index contributed by atoms with van der Waals surface area (Å²) >= 11 is 0. The molecule has 0 aliphatic carbocycles. The van der Waals surface area contributed by atoms with Crippen molar-refractivity contribution in [3.05, 3.63) is 31.0 Å². The molecule has 0 fully saturated rings. The number of ketones is 1. The van der Waals surface area contributed by atoms with Crippen molar-refractivity contribution in [2.24, 2.45) is 0 Å². The third kappa shape index (κ3) is 3.62. The molecule has 0 spiro atoms. The van der Waals surface area contributed by atoms with Gasteiger partial charge in [0.2, 0.25) is 0 Å². The van der Waals surface area contributed by atoms with Gasteiger partial charge in [0.15, 0.2) is 15.6 Å². The Balaban J connectivity index is 2.17. The highest BCUT2D eigenvalue weighted by molar-refractivity contribution is 7.92. The molecule has 124 valence electrons. The maximum absolute atomic E-state index is 11.9. The van der Waals surface area contributed by atoms with Crippen LogP contribution in [0, 0.1) is 0 Å². The summed E-state index contributed by atoms with van der Waals surface area (Å²) in [5.74, 6) is -0.721. The number of rotatable bonds is 7. The van der Waals surface area contributed by atoms with E-state index in [0.717, 1.165) is 11.8 Å². The Hall–Kier alpha value is -2.13. The summed E-state index contributed by atoms with van der Waals surface area (Å²) in [5.41, 5.74) is 1.39. The first-order valence-corrected chi connectivity index (χ1v) is 8.79. The quantitative estimate of drug-likeness (QED) is 0.761. The monoisotopic (exact) mass is 338 g/mol. The normalized spacial score (nSPS) is 14.4. The Morgan fingerprint density at radius 2 is 2.09 bits per heavy atom. The molecule has 0 aliphatic heterocycles. The number of aliphatic hydroxyl groups is 1. The summed E-state index contributed by atoms with van der Waals surface area (Å²) in [7, 11) is -3.66. The van der Waals surface area contributed by atoms with Crippen molar-refractivity contribution < 1.29 is 18.3 Å². The second-order valence-electron chi connectivity index (χ2n) is 5.42. The Labute approximate surface area is 134 Å². The lowest BCUT2D eigenvalue weighted by molar-refractivity contribution is -0.124. The molecule has 2 aromatic heterocycles. The fourth-order valence-electron chi connectivity index (χ4n) is 2.09. The molecule has 2 heterocycles. The number of sulfone groups is 1. The minimum Gasteiger partial charge on any atom is -0.389 e. The fourth-order valence-corrected chi connectivity index (χ4v) is 3.03. The average molecular weight is 338 g/mol. The van der Waals surface area contributed by atoms with Crippen LogP contribution in [0.25, 0.3) is 11.3 Å². The van der Waals surface area contributed by atoms with Gasteiger partial charge in [0.05, 0.1) is 18.1 Å². The zero-order valence-electron chi connectivity index (χ0n) is 12.9. The SMILES string of the molecule is C[C@@](CCn1cc(-c2cnccn2)cn1)(C(=O)CO)S(C)(=O)=O. The molecule has 2 rings (SSSR count). The van der Waals surface area contributed by atoms with Crippen molar-refractivity contribution in [3.63, 3.8) is 0 Å². The first-order valence-electron chi connectivity index (χ1n) is 6.90. The minimum atomic E-state index is -3.66. The largest absolute Gasteiger partial charge is 0.389 e. The van der Waals surface area contributed by atoms with Crippen LogP contribution in [0.4, 0.5) is 0 Å². The summed E-state index contributed by atoms with van der Waals surface area (Å²) in [6, 6.07) is 0. The minimum absolute atomic E-state index is 0.0206. The van der Waals surface area contributed by atoms with Gasteiger partial charge in [0, 0.05) is 37.0 Å². The summed E-state index contributed by atoms with van der Waals surface area (Å²) in [5, 5.41) is 13.2. The van der Waals surface area contributed by atoms with E-state index >= 15 is 0 Å². The van der Waals surface area contributed by atoms with E-state index in [0.29, 0.717) is 5.69 Å². The molecular weight excluding hydrogens is 320 g/mol. The molecule has 0 bridgehead atoms. The molecule has 0 amide bonds. The van der Waals surface area contributed by atoms with Gasteiger partial charge in [-0.05, 0) is 13.3 Å². The molecule has 0 radical (unpaired) electrons. The van der Waals surface area contributed by atoms with Crippen LogP contribution < -0.4 is 0 Å². The summed E-state index contributed by atoms with van der Waals surface area (Å²) in [4.78, 5) is 20.0. The highest BCUT2D eigenvalue weighted by Gasteiger charge is 2.42. The predicted octanol–water partition coefficient (Wildman–Crippen LogP) is 0.0949. The number of hydrogen-bond acceptors (Lipinski definition) is 7. The molecule has 0 aliphatic rings. The van der Waals surface area contributed by atoms with Crippen molar-refractivity contribution >= 4 is 15.6 Å². The zero-order chi connectivity index (χ0) is 17.1. The lowest BCUT2D eigenvalue weighted by atomic mass is 10.0. The van der Waals surface area contributed by atoms with Gasteiger partial charge in [0.1, 0.15) is 11.4 Å². The van der Waals surface area contributed by atoms with Gasteiger partial charge in [0.25, 0.3) is 0 Å². The molecular formula is C14H18N4O4S. The van der Waals surface area contributed by atoms with Crippen LogP contribution in [0.3, 0.4) is 0 Å². The second kappa shape index (κ2) is 6.55. The van der Waals surface area contributed by atoms with E-state index in [4.69, 9.17) is 5.11 Å². The van der Waals surface area contributed by atoms with Gasteiger partial charge in [-0.15, -0.1) is 0 Å². The van der Waals surface area contributed by atoms with E-state index in [1.54, 1.807) is 31.0 Å².